The van der Waals surface area contributed by atoms with E-state index < -0.39 is 0 Å². The summed E-state index contributed by atoms with van der Waals surface area (Å²) in [5, 5.41) is 2.73. The number of fused-ring (bicyclic) bond motifs is 2. The maximum absolute atomic E-state index is 2.37. The van der Waals surface area contributed by atoms with Gasteiger partial charge in [0.05, 0.1) is 0 Å². The van der Waals surface area contributed by atoms with Gasteiger partial charge in [0, 0.05) is 0 Å². The molecule has 2 aromatic rings. The fourth-order valence-electron chi connectivity index (χ4n) is 3.56. The van der Waals surface area contributed by atoms with E-state index in [2.05, 4.69) is 61.5 Å². The van der Waals surface area contributed by atoms with Gasteiger partial charge in [-0.15, -0.1) is 0 Å². The molecule has 20 heavy (non-hydrogen) atoms. The zero-order valence-corrected chi connectivity index (χ0v) is 11.8. The van der Waals surface area contributed by atoms with E-state index in [-0.39, 0.29) is 0 Å². The van der Waals surface area contributed by atoms with E-state index >= 15 is 0 Å². The van der Waals surface area contributed by atoms with Crippen molar-refractivity contribution < 1.29 is 0 Å². The van der Waals surface area contributed by atoms with Gasteiger partial charge in [0.25, 0.3) is 0 Å². The van der Waals surface area contributed by atoms with Crippen molar-refractivity contribution in [3.8, 4) is 0 Å². The molecule has 2 aliphatic carbocycles. The fourth-order valence-corrected chi connectivity index (χ4v) is 3.56. The summed E-state index contributed by atoms with van der Waals surface area (Å²) < 4.78 is 0. The van der Waals surface area contributed by atoms with Crippen LogP contribution in [0.25, 0.3) is 16.3 Å². The van der Waals surface area contributed by atoms with Crippen LogP contribution in [-0.4, -0.2) is 0 Å². The lowest BCUT2D eigenvalue weighted by Gasteiger charge is -2.20. The Morgan fingerprint density at radius 3 is 2.65 bits per heavy atom. The molecule has 2 aromatic carbocycles. The second kappa shape index (κ2) is 4.49. The maximum Gasteiger partial charge on any atom is -0.0108 e. The van der Waals surface area contributed by atoms with Gasteiger partial charge >= 0.3 is 0 Å². The van der Waals surface area contributed by atoms with Gasteiger partial charge in [0.15, 0.2) is 0 Å². The van der Waals surface area contributed by atoms with Crippen LogP contribution in [0.15, 0.2) is 71.3 Å². The van der Waals surface area contributed by atoms with E-state index in [1.54, 1.807) is 0 Å². The first kappa shape index (κ1) is 11.7. The first-order valence-corrected chi connectivity index (χ1v) is 7.43. The topological polar surface area (TPSA) is 0 Å². The Kier molecular flexibility index (Phi) is 2.63. The van der Waals surface area contributed by atoms with Gasteiger partial charge < -0.3 is 0 Å². The molecular weight excluding hydrogens is 240 g/mol. The molecule has 0 fully saturated rings. The van der Waals surface area contributed by atoms with E-state index in [0.29, 0.717) is 0 Å². The summed E-state index contributed by atoms with van der Waals surface area (Å²) in [6.07, 6.45) is 8.43. The molecule has 0 saturated carbocycles. The molecule has 0 aliphatic heterocycles. The maximum atomic E-state index is 2.37. The summed E-state index contributed by atoms with van der Waals surface area (Å²) in [6, 6.07) is 15.4. The van der Waals surface area contributed by atoms with Gasteiger partial charge in [0.2, 0.25) is 0 Å². The van der Waals surface area contributed by atoms with Crippen LogP contribution in [0.1, 0.15) is 31.7 Å². The molecule has 0 saturated heterocycles. The Bertz CT molecular complexity index is 779. The molecule has 0 heterocycles. The van der Waals surface area contributed by atoms with Gasteiger partial charge in [-0.05, 0) is 59.2 Å². The third-order valence-corrected chi connectivity index (χ3v) is 4.43. The molecule has 0 aromatic heterocycles. The predicted molar refractivity (Wildman–Crippen MR) is 86.6 cm³/mol. The largest absolute Gasteiger partial charge is 0.0616 e. The smallest absolute Gasteiger partial charge is 0.0108 e. The van der Waals surface area contributed by atoms with Crippen LogP contribution < -0.4 is 0 Å². The van der Waals surface area contributed by atoms with E-state index in [4.69, 9.17) is 0 Å². The minimum atomic E-state index is 1.20. The Labute approximate surface area is 120 Å². The Morgan fingerprint density at radius 1 is 0.850 bits per heavy atom. The molecule has 0 radical (unpaired) electrons. The zero-order chi connectivity index (χ0) is 13.5. The molecule has 0 nitrogen and oxygen atoms in total. The van der Waals surface area contributed by atoms with Crippen molar-refractivity contribution in [1.29, 1.82) is 0 Å². The van der Waals surface area contributed by atoms with Crippen molar-refractivity contribution in [1.82, 2.24) is 0 Å². The zero-order valence-electron chi connectivity index (χ0n) is 11.8. The fraction of sp³-hybridized carbons (Fsp3) is 0.200. The average molecular weight is 258 g/mol. The third kappa shape index (κ3) is 1.76. The Balaban J connectivity index is 2.00. The highest BCUT2D eigenvalue weighted by Crippen LogP contribution is 2.42. The number of rotatable bonds is 1. The lowest BCUT2D eigenvalue weighted by Crippen LogP contribution is -2.00. The van der Waals surface area contributed by atoms with Crippen molar-refractivity contribution in [2.45, 2.75) is 26.2 Å². The van der Waals surface area contributed by atoms with E-state index in [1.165, 1.54) is 57.9 Å². The van der Waals surface area contributed by atoms with Crippen molar-refractivity contribution in [3.63, 3.8) is 0 Å². The summed E-state index contributed by atoms with van der Waals surface area (Å²) in [5.41, 5.74) is 7.39. The highest BCUT2D eigenvalue weighted by Gasteiger charge is 2.21. The van der Waals surface area contributed by atoms with Crippen LogP contribution in [0.4, 0.5) is 0 Å². The second-order valence-corrected chi connectivity index (χ2v) is 5.83. The molecule has 4 rings (SSSR count). The van der Waals surface area contributed by atoms with Crippen molar-refractivity contribution in [2.75, 3.05) is 0 Å². The number of hydrogen-bond donors (Lipinski definition) is 0. The first-order chi connectivity index (χ1) is 9.83. The van der Waals surface area contributed by atoms with E-state index in [9.17, 15) is 0 Å². The van der Waals surface area contributed by atoms with Crippen LogP contribution in [0, 0.1) is 0 Å². The van der Waals surface area contributed by atoms with Crippen molar-refractivity contribution >= 4 is 16.3 Å². The first-order valence-electron chi connectivity index (χ1n) is 7.43. The van der Waals surface area contributed by atoms with Gasteiger partial charge in [-0.25, -0.2) is 0 Å². The molecule has 0 N–H and O–H groups in total. The van der Waals surface area contributed by atoms with Crippen LogP contribution in [0.3, 0.4) is 0 Å². The lowest BCUT2D eigenvalue weighted by atomic mass is 9.84. The summed E-state index contributed by atoms with van der Waals surface area (Å²) in [4.78, 5) is 0. The number of hydrogen-bond acceptors (Lipinski definition) is 0. The van der Waals surface area contributed by atoms with Gasteiger partial charge in [-0.2, -0.15) is 0 Å². The van der Waals surface area contributed by atoms with Crippen LogP contribution in [-0.2, 0) is 0 Å². The van der Waals surface area contributed by atoms with Crippen molar-refractivity contribution in [2.24, 2.45) is 0 Å². The minimum Gasteiger partial charge on any atom is -0.0616 e. The molecule has 0 atom stereocenters. The van der Waals surface area contributed by atoms with Gasteiger partial charge in [-0.1, -0.05) is 60.2 Å². The van der Waals surface area contributed by atoms with E-state index in [1.807, 2.05) is 0 Å². The molecular formula is C20H18. The average Bonchev–Trinajstić information content (AvgIpc) is 2.87. The molecule has 98 valence electrons. The second-order valence-electron chi connectivity index (χ2n) is 5.83. The lowest BCUT2D eigenvalue weighted by molar-refractivity contribution is 0.827. The molecule has 0 unspecified atom stereocenters. The normalized spacial score (nSPS) is 18.1. The molecule has 0 heteroatoms. The highest BCUT2D eigenvalue weighted by atomic mass is 14.3. The molecule has 0 amide bonds. The predicted octanol–water partition coefficient (Wildman–Crippen LogP) is 5.66. The standard InChI is InChI=1S/C20H18/c1-14-12-16-8-5-11-19(20(16)13-14)18-10-4-7-15-6-2-3-9-17(15)18/h2-4,6-7,9-10,12-13H,5,8,11H2,1H3. The number of allylic oxidation sites excluding steroid dienone is 6. The highest BCUT2D eigenvalue weighted by molar-refractivity contribution is 5.96. The van der Waals surface area contributed by atoms with Crippen LogP contribution >= 0.6 is 0 Å². The Morgan fingerprint density at radius 2 is 1.70 bits per heavy atom. The minimum absolute atomic E-state index is 1.20. The molecule has 0 bridgehead atoms. The Hall–Kier alpha value is -2.08. The SMILES string of the molecule is CC1=CC2=C(c3cccc4ccccc34)CCCC2=C1. The van der Waals surface area contributed by atoms with Gasteiger partial charge in [-0.3, -0.25) is 0 Å². The summed E-state index contributed by atoms with van der Waals surface area (Å²) in [7, 11) is 0. The van der Waals surface area contributed by atoms with Crippen LogP contribution in [0.2, 0.25) is 0 Å². The van der Waals surface area contributed by atoms with Gasteiger partial charge in [0.1, 0.15) is 0 Å². The summed E-state index contributed by atoms with van der Waals surface area (Å²) in [5.74, 6) is 0. The summed E-state index contributed by atoms with van der Waals surface area (Å²) in [6.45, 7) is 2.21. The summed E-state index contributed by atoms with van der Waals surface area (Å²) >= 11 is 0. The third-order valence-electron chi connectivity index (χ3n) is 4.43. The van der Waals surface area contributed by atoms with Crippen LogP contribution in [0.5, 0.6) is 0 Å². The molecule has 0 spiro atoms. The number of benzene rings is 2. The van der Waals surface area contributed by atoms with Crippen molar-refractivity contribution in [3.05, 3.63) is 76.9 Å². The quantitative estimate of drug-likeness (QED) is 0.618. The monoisotopic (exact) mass is 258 g/mol. The van der Waals surface area contributed by atoms with E-state index in [0.717, 1.165) is 0 Å². The molecule has 2 aliphatic rings.